The number of hydrogen-bond acceptors (Lipinski definition) is 2. The molecule has 0 bridgehead atoms. The molecular formula is C10H21O2P. The molecule has 78 valence electrons. The van der Waals surface area contributed by atoms with Crippen molar-refractivity contribution in [3.8, 4) is 0 Å². The number of rotatable bonds is 7. The summed E-state index contributed by atoms with van der Waals surface area (Å²) in [7, 11) is 1.65. The van der Waals surface area contributed by atoms with Crippen LogP contribution in [-0.2, 0) is 9.53 Å². The number of carbonyl (C=O) groups excluding carboxylic acids is 1. The largest absolute Gasteiger partial charge is 0.469 e. The summed E-state index contributed by atoms with van der Waals surface area (Å²) in [6.45, 7) is 4.48. The first-order valence-corrected chi connectivity index (χ1v) is 6.93. The van der Waals surface area contributed by atoms with Gasteiger partial charge in [0.2, 0.25) is 0 Å². The standard InChI is InChI=1S/C10H21O2P/c1-4-8-13(5-2)9-6-7-10(11)12-3/h4-9H2,1-3H3. The maximum absolute atomic E-state index is 10.8. The number of hydrogen-bond donors (Lipinski definition) is 0. The van der Waals surface area contributed by atoms with Crippen LogP contribution in [-0.4, -0.2) is 31.6 Å². The molecule has 0 fully saturated rings. The average Bonchev–Trinajstić information content (AvgIpc) is 2.16. The summed E-state index contributed by atoms with van der Waals surface area (Å²) in [6, 6.07) is 0. The zero-order valence-electron chi connectivity index (χ0n) is 9.01. The van der Waals surface area contributed by atoms with Gasteiger partial charge in [0.05, 0.1) is 7.11 Å². The monoisotopic (exact) mass is 204 g/mol. The molecule has 3 heteroatoms. The molecule has 0 aliphatic carbocycles. The zero-order chi connectivity index (χ0) is 10.1. The molecule has 0 aliphatic heterocycles. The Hall–Kier alpha value is -0.100. The Morgan fingerprint density at radius 2 is 2.00 bits per heavy atom. The molecule has 0 aromatic rings. The van der Waals surface area contributed by atoms with E-state index in [9.17, 15) is 4.79 Å². The van der Waals surface area contributed by atoms with Crippen LogP contribution in [0.15, 0.2) is 0 Å². The fraction of sp³-hybridized carbons (Fsp3) is 0.900. The minimum Gasteiger partial charge on any atom is -0.469 e. The second-order valence-electron chi connectivity index (χ2n) is 3.11. The molecule has 0 aromatic heterocycles. The van der Waals surface area contributed by atoms with E-state index >= 15 is 0 Å². The lowest BCUT2D eigenvalue weighted by Gasteiger charge is -2.13. The zero-order valence-corrected chi connectivity index (χ0v) is 9.90. The molecule has 0 N–H and O–H groups in total. The summed E-state index contributed by atoms with van der Waals surface area (Å²) in [4.78, 5) is 10.8. The highest BCUT2D eigenvalue weighted by Crippen LogP contribution is 2.36. The lowest BCUT2D eigenvalue weighted by atomic mass is 10.3. The van der Waals surface area contributed by atoms with E-state index in [2.05, 4.69) is 18.6 Å². The van der Waals surface area contributed by atoms with Gasteiger partial charge in [-0.15, -0.1) is 7.92 Å². The van der Waals surface area contributed by atoms with Gasteiger partial charge in [0.15, 0.2) is 0 Å². The van der Waals surface area contributed by atoms with Crippen molar-refractivity contribution < 1.29 is 9.53 Å². The van der Waals surface area contributed by atoms with Crippen molar-refractivity contribution in [3.63, 3.8) is 0 Å². The van der Waals surface area contributed by atoms with Crippen LogP contribution in [0.2, 0.25) is 0 Å². The van der Waals surface area contributed by atoms with E-state index in [0.29, 0.717) is 6.42 Å². The van der Waals surface area contributed by atoms with E-state index in [4.69, 9.17) is 0 Å². The van der Waals surface area contributed by atoms with Gasteiger partial charge in [-0.25, -0.2) is 0 Å². The van der Waals surface area contributed by atoms with Crippen LogP contribution >= 0.6 is 7.92 Å². The predicted molar refractivity (Wildman–Crippen MR) is 58.7 cm³/mol. The summed E-state index contributed by atoms with van der Waals surface area (Å²) in [5.41, 5.74) is 0. The Kier molecular flexibility index (Phi) is 8.43. The van der Waals surface area contributed by atoms with E-state index in [0.717, 1.165) is 6.42 Å². The van der Waals surface area contributed by atoms with Crippen molar-refractivity contribution in [2.24, 2.45) is 0 Å². The molecule has 0 aliphatic rings. The van der Waals surface area contributed by atoms with Gasteiger partial charge in [0.25, 0.3) is 0 Å². The lowest BCUT2D eigenvalue weighted by Crippen LogP contribution is -2.01. The summed E-state index contributed by atoms with van der Waals surface area (Å²) < 4.78 is 4.59. The van der Waals surface area contributed by atoms with Crippen LogP contribution < -0.4 is 0 Å². The highest BCUT2D eigenvalue weighted by atomic mass is 31.1. The van der Waals surface area contributed by atoms with E-state index < -0.39 is 0 Å². The Morgan fingerprint density at radius 3 is 2.46 bits per heavy atom. The second-order valence-corrected chi connectivity index (χ2v) is 5.98. The van der Waals surface area contributed by atoms with Crippen LogP contribution in [0.3, 0.4) is 0 Å². The lowest BCUT2D eigenvalue weighted by molar-refractivity contribution is -0.140. The van der Waals surface area contributed by atoms with E-state index in [-0.39, 0.29) is 13.9 Å². The van der Waals surface area contributed by atoms with Crippen LogP contribution in [0.4, 0.5) is 0 Å². The Labute approximate surface area is 82.8 Å². The van der Waals surface area contributed by atoms with Gasteiger partial charge in [0.1, 0.15) is 0 Å². The van der Waals surface area contributed by atoms with Crippen LogP contribution in [0.5, 0.6) is 0 Å². The van der Waals surface area contributed by atoms with Crippen molar-refractivity contribution in [1.29, 1.82) is 0 Å². The van der Waals surface area contributed by atoms with Crippen LogP contribution in [0, 0.1) is 0 Å². The van der Waals surface area contributed by atoms with Gasteiger partial charge in [-0.3, -0.25) is 4.79 Å². The smallest absolute Gasteiger partial charge is 0.305 e. The third-order valence-corrected chi connectivity index (χ3v) is 4.99. The topological polar surface area (TPSA) is 26.3 Å². The quantitative estimate of drug-likeness (QED) is 0.471. The fourth-order valence-electron chi connectivity index (χ4n) is 1.29. The highest BCUT2D eigenvalue weighted by Gasteiger charge is 2.05. The van der Waals surface area contributed by atoms with Crippen LogP contribution in [0.1, 0.15) is 33.1 Å². The molecule has 0 saturated heterocycles. The molecular weight excluding hydrogens is 183 g/mol. The van der Waals surface area contributed by atoms with Crippen molar-refractivity contribution in [3.05, 3.63) is 0 Å². The van der Waals surface area contributed by atoms with Gasteiger partial charge in [-0.2, -0.15) is 0 Å². The van der Waals surface area contributed by atoms with Gasteiger partial charge >= 0.3 is 5.97 Å². The fourth-order valence-corrected chi connectivity index (χ4v) is 3.39. The minimum absolute atomic E-state index is 0.0671. The minimum atomic E-state index is -0.0671. The maximum atomic E-state index is 10.8. The number of ether oxygens (including phenoxy) is 1. The second kappa shape index (κ2) is 8.50. The normalized spacial score (nSPS) is 12.5. The molecule has 0 amide bonds. The molecule has 0 radical (unpaired) electrons. The van der Waals surface area contributed by atoms with Crippen molar-refractivity contribution in [2.45, 2.75) is 33.1 Å². The third kappa shape index (κ3) is 7.01. The number of esters is 1. The SMILES string of the molecule is CCCP(CC)CCCC(=O)OC. The number of methoxy groups -OCH3 is 1. The Balaban J connectivity index is 3.42. The first-order valence-electron chi connectivity index (χ1n) is 5.03. The summed E-state index contributed by atoms with van der Waals surface area (Å²) >= 11 is 0. The summed E-state index contributed by atoms with van der Waals surface area (Å²) in [5, 5.41) is 0. The molecule has 1 unspecified atom stereocenters. The first kappa shape index (κ1) is 12.9. The Morgan fingerprint density at radius 1 is 1.31 bits per heavy atom. The predicted octanol–water partition coefficient (Wildman–Crippen LogP) is 2.85. The molecule has 0 rings (SSSR count). The van der Waals surface area contributed by atoms with E-state index in [1.165, 1.54) is 32.0 Å². The molecule has 0 aromatic carbocycles. The molecule has 1 atom stereocenters. The van der Waals surface area contributed by atoms with Gasteiger partial charge in [-0.05, 0) is 24.9 Å². The maximum Gasteiger partial charge on any atom is 0.305 e. The van der Waals surface area contributed by atoms with Gasteiger partial charge in [0, 0.05) is 6.42 Å². The molecule has 0 heterocycles. The molecule has 13 heavy (non-hydrogen) atoms. The third-order valence-electron chi connectivity index (χ3n) is 2.07. The molecule has 0 saturated carbocycles. The first-order chi connectivity index (χ1) is 6.24. The van der Waals surface area contributed by atoms with Crippen molar-refractivity contribution in [2.75, 3.05) is 25.6 Å². The van der Waals surface area contributed by atoms with E-state index in [1.54, 1.807) is 0 Å². The molecule has 0 spiro atoms. The number of carbonyl (C=O) groups is 1. The highest BCUT2D eigenvalue weighted by molar-refractivity contribution is 7.57. The van der Waals surface area contributed by atoms with Gasteiger partial charge < -0.3 is 4.74 Å². The van der Waals surface area contributed by atoms with Crippen LogP contribution in [0.25, 0.3) is 0 Å². The van der Waals surface area contributed by atoms with Crippen molar-refractivity contribution >= 4 is 13.9 Å². The van der Waals surface area contributed by atoms with E-state index in [1.807, 2.05) is 0 Å². The average molecular weight is 204 g/mol. The molecule has 2 nitrogen and oxygen atoms in total. The Bertz CT molecular complexity index is 137. The summed E-state index contributed by atoms with van der Waals surface area (Å²) in [6.07, 6.45) is 6.76. The van der Waals surface area contributed by atoms with Crippen molar-refractivity contribution in [1.82, 2.24) is 0 Å². The summed E-state index contributed by atoms with van der Waals surface area (Å²) in [5.74, 6) is -0.0671. The van der Waals surface area contributed by atoms with Gasteiger partial charge in [-0.1, -0.05) is 20.3 Å².